The normalized spacial score (nSPS) is 20.8. The quantitative estimate of drug-likeness (QED) is 0.527. The third kappa shape index (κ3) is 2.60. The second-order valence-electron chi connectivity index (χ2n) is 4.62. The molecular formula is C12H18N4O2. The first-order chi connectivity index (χ1) is 8.61. The van der Waals surface area contributed by atoms with Crippen LogP contribution in [0, 0.1) is 5.92 Å². The summed E-state index contributed by atoms with van der Waals surface area (Å²) in [5, 5.41) is 9.52. The van der Waals surface area contributed by atoms with Gasteiger partial charge in [0.15, 0.2) is 0 Å². The molecule has 98 valence electrons. The van der Waals surface area contributed by atoms with Crippen molar-refractivity contribution >= 4 is 11.7 Å². The SMILES string of the molecule is CC(O)C1CCN(C(=O)c2ccc(NN)nc2)C1. The lowest BCUT2D eigenvalue weighted by Gasteiger charge is -2.17. The van der Waals surface area contributed by atoms with E-state index >= 15 is 0 Å². The van der Waals surface area contributed by atoms with Crippen LogP contribution in [0.3, 0.4) is 0 Å². The summed E-state index contributed by atoms with van der Waals surface area (Å²) in [5.41, 5.74) is 2.96. The first-order valence-electron chi connectivity index (χ1n) is 6.02. The van der Waals surface area contributed by atoms with E-state index in [9.17, 15) is 9.90 Å². The summed E-state index contributed by atoms with van der Waals surface area (Å²) in [6.07, 6.45) is 1.98. The number of anilines is 1. The highest BCUT2D eigenvalue weighted by atomic mass is 16.3. The van der Waals surface area contributed by atoms with Crippen molar-refractivity contribution in [1.82, 2.24) is 9.88 Å². The largest absolute Gasteiger partial charge is 0.393 e. The van der Waals surface area contributed by atoms with Crippen molar-refractivity contribution in [2.24, 2.45) is 11.8 Å². The number of carbonyl (C=O) groups excluding carboxylic acids is 1. The molecule has 1 saturated heterocycles. The first kappa shape index (κ1) is 12.8. The highest BCUT2D eigenvalue weighted by Gasteiger charge is 2.29. The maximum absolute atomic E-state index is 12.2. The van der Waals surface area contributed by atoms with Gasteiger partial charge in [0.05, 0.1) is 11.7 Å². The fraction of sp³-hybridized carbons (Fsp3) is 0.500. The van der Waals surface area contributed by atoms with Crippen LogP contribution in [0.4, 0.5) is 5.82 Å². The zero-order chi connectivity index (χ0) is 13.1. The summed E-state index contributed by atoms with van der Waals surface area (Å²) in [7, 11) is 0. The van der Waals surface area contributed by atoms with Crippen LogP contribution >= 0.6 is 0 Å². The third-order valence-corrected chi connectivity index (χ3v) is 3.35. The van der Waals surface area contributed by atoms with Gasteiger partial charge in [-0.15, -0.1) is 0 Å². The molecule has 0 bridgehead atoms. The predicted molar refractivity (Wildman–Crippen MR) is 67.7 cm³/mol. The highest BCUT2D eigenvalue weighted by molar-refractivity contribution is 5.94. The molecule has 2 atom stereocenters. The van der Waals surface area contributed by atoms with Crippen LogP contribution in [-0.2, 0) is 0 Å². The van der Waals surface area contributed by atoms with E-state index in [2.05, 4.69) is 10.4 Å². The van der Waals surface area contributed by atoms with Crippen molar-refractivity contribution in [1.29, 1.82) is 0 Å². The Morgan fingerprint density at radius 3 is 2.94 bits per heavy atom. The fourth-order valence-electron chi connectivity index (χ4n) is 2.15. The van der Waals surface area contributed by atoms with E-state index in [1.54, 1.807) is 24.0 Å². The molecule has 0 aliphatic carbocycles. The number of nitrogen functional groups attached to an aromatic ring is 1. The van der Waals surface area contributed by atoms with Gasteiger partial charge >= 0.3 is 0 Å². The standard InChI is InChI=1S/C12H18N4O2/c1-8(17)10-4-5-16(7-10)12(18)9-2-3-11(15-13)14-6-9/h2-3,6,8,10,17H,4-5,7,13H2,1H3,(H,14,15). The van der Waals surface area contributed by atoms with E-state index in [0.29, 0.717) is 24.5 Å². The number of nitrogens with one attached hydrogen (secondary N) is 1. The summed E-state index contributed by atoms with van der Waals surface area (Å²) in [6, 6.07) is 3.36. The van der Waals surface area contributed by atoms with E-state index in [-0.39, 0.29) is 17.9 Å². The van der Waals surface area contributed by atoms with Crippen molar-refractivity contribution < 1.29 is 9.90 Å². The summed E-state index contributed by atoms with van der Waals surface area (Å²) in [5.74, 6) is 5.86. The van der Waals surface area contributed by atoms with E-state index < -0.39 is 0 Å². The number of amides is 1. The first-order valence-corrected chi connectivity index (χ1v) is 6.02. The molecule has 1 aromatic rings. The smallest absolute Gasteiger partial charge is 0.255 e. The second kappa shape index (κ2) is 5.32. The molecule has 2 heterocycles. The van der Waals surface area contributed by atoms with Gasteiger partial charge in [0, 0.05) is 25.2 Å². The number of hydrogen-bond acceptors (Lipinski definition) is 5. The Hall–Kier alpha value is -1.66. The average molecular weight is 250 g/mol. The number of carbonyl (C=O) groups is 1. The number of pyridine rings is 1. The number of nitrogens with two attached hydrogens (primary N) is 1. The number of hydrazine groups is 1. The number of rotatable bonds is 3. The Labute approximate surface area is 106 Å². The molecule has 2 rings (SSSR count). The molecule has 0 spiro atoms. The molecule has 18 heavy (non-hydrogen) atoms. The Bertz CT molecular complexity index is 419. The van der Waals surface area contributed by atoms with Crippen LogP contribution in [0.5, 0.6) is 0 Å². The van der Waals surface area contributed by atoms with Crippen LogP contribution in [0.25, 0.3) is 0 Å². The van der Waals surface area contributed by atoms with Crippen LogP contribution in [-0.4, -0.2) is 40.1 Å². The van der Waals surface area contributed by atoms with Crippen LogP contribution < -0.4 is 11.3 Å². The Kier molecular flexibility index (Phi) is 3.78. The summed E-state index contributed by atoms with van der Waals surface area (Å²) < 4.78 is 0. The minimum atomic E-state index is -0.371. The molecule has 2 unspecified atom stereocenters. The Morgan fingerprint density at radius 2 is 2.44 bits per heavy atom. The number of aliphatic hydroxyl groups is 1. The zero-order valence-corrected chi connectivity index (χ0v) is 10.3. The van der Waals surface area contributed by atoms with Crippen molar-refractivity contribution in [2.45, 2.75) is 19.4 Å². The molecule has 0 radical (unpaired) electrons. The lowest BCUT2D eigenvalue weighted by molar-refractivity contribution is 0.0762. The van der Waals surface area contributed by atoms with Gasteiger partial charge in [-0.1, -0.05) is 0 Å². The molecule has 1 amide bonds. The highest BCUT2D eigenvalue weighted by Crippen LogP contribution is 2.21. The van der Waals surface area contributed by atoms with Gasteiger partial charge in [0.2, 0.25) is 0 Å². The number of hydrogen-bond donors (Lipinski definition) is 3. The monoisotopic (exact) mass is 250 g/mol. The van der Waals surface area contributed by atoms with Gasteiger partial charge < -0.3 is 15.4 Å². The Balaban J connectivity index is 2.03. The van der Waals surface area contributed by atoms with Crippen molar-refractivity contribution in [3.8, 4) is 0 Å². The van der Waals surface area contributed by atoms with E-state index in [1.165, 1.54) is 6.20 Å². The van der Waals surface area contributed by atoms with Crippen LogP contribution in [0.15, 0.2) is 18.3 Å². The second-order valence-corrected chi connectivity index (χ2v) is 4.62. The molecule has 1 aliphatic rings. The molecule has 6 nitrogen and oxygen atoms in total. The van der Waals surface area contributed by atoms with Crippen molar-refractivity contribution in [2.75, 3.05) is 18.5 Å². The number of nitrogens with zero attached hydrogens (tertiary/aromatic N) is 2. The summed E-state index contributed by atoms with van der Waals surface area (Å²) in [6.45, 7) is 3.06. The maximum Gasteiger partial charge on any atom is 0.255 e. The molecule has 0 saturated carbocycles. The molecule has 1 aliphatic heterocycles. The average Bonchev–Trinajstić information content (AvgIpc) is 2.88. The van der Waals surface area contributed by atoms with Gasteiger partial charge in [-0.2, -0.15) is 0 Å². The lowest BCUT2D eigenvalue weighted by Crippen LogP contribution is -2.30. The summed E-state index contributed by atoms with van der Waals surface area (Å²) >= 11 is 0. The molecule has 1 aromatic heterocycles. The zero-order valence-electron chi connectivity index (χ0n) is 10.3. The van der Waals surface area contributed by atoms with Gasteiger partial charge in [-0.05, 0) is 25.5 Å². The Morgan fingerprint density at radius 1 is 1.67 bits per heavy atom. The maximum atomic E-state index is 12.2. The molecule has 0 aromatic carbocycles. The minimum Gasteiger partial charge on any atom is -0.393 e. The molecule has 4 N–H and O–H groups in total. The van der Waals surface area contributed by atoms with Gasteiger partial charge in [0.1, 0.15) is 5.82 Å². The number of likely N-dealkylation sites (tertiary alicyclic amines) is 1. The molecule has 1 fully saturated rings. The summed E-state index contributed by atoms with van der Waals surface area (Å²) in [4.78, 5) is 17.9. The van der Waals surface area contributed by atoms with Gasteiger partial charge in [-0.25, -0.2) is 10.8 Å². The topological polar surface area (TPSA) is 91.5 Å². The predicted octanol–water partition coefficient (Wildman–Crippen LogP) is 0.210. The lowest BCUT2D eigenvalue weighted by atomic mass is 10.0. The fourth-order valence-corrected chi connectivity index (χ4v) is 2.15. The van der Waals surface area contributed by atoms with E-state index in [4.69, 9.17) is 5.84 Å². The molecular weight excluding hydrogens is 232 g/mol. The van der Waals surface area contributed by atoms with E-state index in [0.717, 1.165) is 6.42 Å². The molecule has 6 heteroatoms. The number of aliphatic hydroxyl groups excluding tert-OH is 1. The van der Waals surface area contributed by atoms with Gasteiger partial charge in [0.25, 0.3) is 5.91 Å². The minimum absolute atomic E-state index is 0.0470. The van der Waals surface area contributed by atoms with Crippen molar-refractivity contribution in [3.63, 3.8) is 0 Å². The van der Waals surface area contributed by atoms with Crippen LogP contribution in [0.1, 0.15) is 23.7 Å². The van der Waals surface area contributed by atoms with Crippen molar-refractivity contribution in [3.05, 3.63) is 23.9 Å². The van der Waals surface area contributed by atoms with Gasteiger partial charge in [-0.3, -0.25) is 4.79 Å². The van der Waals surface area contributed by atoms with Crippen LogP contribution in [0.2, 0.25) is 0 Å². The van der Waals surface area contributed by atoms with E-state index in [1.807, 2.05) is 0 Å². The number of aromatic nitrogens is 1. The third-order valence-electron chi connectivity index (χ3n) is 3.35.